The van der Waals surface area contributed by atoms with Crippen molar-refractivity contribution >= 4 is 45.4 Å². The molecular formula is C28H25FN10O2. The molecule has 7 rings (SSSR count). The molecule has 4 heterocycles. The number of fused-ring (bicyclic) bond motifs is 3. The van der Waals surface area contributed by atoms with E-state index in [4.69, 9.17) is 9.72 Å². The molecule has 1 saturated heterocycles. The van der Waals surface area contributed by atoms with Crippen LogP contribution in [0.5, 0.6) is 11.5 Å². The fourth-order valence-corrected chi connectivity index (χ4v) is 5.31. The number of aryl methyl sites for hydroxylation is 1. The summed E-state index contributed by atoms with van der Waals surface area (Å²) in [6.07, 6.45) is 5.22. The molecule has 41 heavy (non-hydrogen) atoms. The average Bonchev–Trinajstić information content (AvgIpc) is 3.72. The number of halogens is 1. The molecule has 0 spiro atoms. The van der Waals surface area contributed by atoms with Crippen molar-refractivity contribution in [2.75, 3.05) is 23.3 Å². The minimum atomic E-state index is -0.479. The number of benzene rings is 2. The van der Waals surface area contributed by atoms with Crippen LogP contribution < -0.4 is 15.0 Å². The summed E-state index contributed by atoms with van der Waals surface area (Å²) in [6.45, 7) is 6.42. The van der Waals surface area contributed by atoms with Gasteiger partial charge in [-0.05, 0) is 43.7 Å². The van der Waals surface area contributed by atoms with Gasteiger partial charge in [-0.2, -0.15) is 0 Å². The van der Waals surface area contributed by atoms with Gasteiger partial charge in [0.25, 0.3) is 0 Å². The van der Waals surface area contributed by atoms with Crippen molar-refractivity contribution in [3.05, 3.63) is 66.9 Å². The molecule has 0 bridgehead atoms. The highest BCUT2D eigenvalue weighted by molar-refractivity contribution is 5.89. The van der Waals surface area contributed by atoms with Gasteiger partial charge >= 0.3 is 0 Å². The van der Waals surface area contributed by atoms with E-state index in [1.54, 1.807) is 42.1 Å². The standard InChI is InChI=1S/C28H25FN10O2/c1-4-24(40)38-9-10-39(22-12-21(22)38)28-30-13-19-26(34-28)27(32-14-31-19)33-17-6-8-23(15(2)25(17)29)41-16-5-7-20-18(11-16)35-36-37(20)3/h4-8,11,13-14,21-22H,1,9-10,12H2,2-3H3,(H,31,32,33). The molecule has 3 aromatic heterocycles. The number of nitrogens with one attached hydrogen (secondary N) is 1. The average molecular weight is 553 g/mol. The number of piperazine rings is 1. The Hall–Kier alpha value is -5.20. The zero-order valence-electron chi connectivity index (χ0n) is 22.3. The van der Waals surface area contributed by atoms with Crippen molar-refractivity contribution in [2.24, 2.45) is 7.05 Å². The summed E-state index contributed by atoms with van der Waals surface area (Å²) in [7, 11) is 1.81. The third-order valence-electron chi connectivity index (χ3n) is 7.59. The monoisotopic (exact) mass is 552 g/mol. The minimum Gasteiger partial charge on any atom is -0.457 e. The van der Waals surface area contributed by atoms with Crippen molar-refractivity contribution in [3.63, 3.8) is 0 Å². The maximum absolute atomic E-state index is 15.6. The predicted octanol–water partition coefficient (Wildman–Crippen LogP) is 3.66. The number of carbonyl (C=O) groups excluding carboxylic acids is 1. The van der Waals surface area contributed by atoms with Crippen LogP contribution in [0.4, 0.5) is 21.8 Å². The fourth-order valence-electron chi connectivity index (χ4n) is 5.31. The summed E-state index contributed by atoms with van der Waals surface area (Å²) < 4.78 is 23.2. The Morgan fingerprint density at radius 1 is 1.15 bits per heavy atom. The number of ether oxygens (including phenoxy) is 1. The van der Waals surface area contributed by atoms with Crippen LogP contribution in [0.25, 0.3) is 22.1 Å². The number of carbonyl (C=O) groups is 1. The summed E-state index contributed by atoms with van der Waals surface area (Å²) in [5.41, 5.74) is 3.09. The SMILES string of the molecule is C=CC(=O)N1CCN(c2ncc3ncnc(Nc4ccc(Oc5ccc6c(c5)nnn6C)c(C)c4F)c3n2)C2CC21. The fraction of sp³-hybridized carbons (Fsp3) is 0.250. The van der Waals surface area contributed by atoms with Gasteiger partial charge in [-0.15, -0.1) is 5.10 Å². The van der Waals surface area contributed by atoms with Crippen LogP contribution in [0.1, 0.15) is 12.0 Å². The third kappa shape index (κ3) is 4.26. The topological polar surface area (TPSA) is 127 Å². The molecule has 13 heteroatoms. The molecule has 2 aromatic carbocycles. The number of rotatable bonds is 6. The third-order valence-corrected chi connectivity index (χ3v) is 7.59. The van der Waals surface area contributed by atoms with Crippen LogP contribution in [0.2, 0.25) is 0 Å². The van der Waals surface area contributed by atoms with E-state index in [1.165, 1.54) is 12.4 Å². The molecule has 2 atom stereocenters. The minimum absolute atomic E-state index is 0.0585. The number of hydrogen-bond donors (Lipinski definition) is 1. The first-order chi connectivity index (χ1) is 19.9. The molecule has 2 fully saturated rings. The number of hydrogen-bond acceptors (Lipinski definition) is 10. The quantitative estimate of drug-likeness (QED) is 0.312. The molecule has 5 aromatic rings. The molecule has 2 aliphatic rings. The van der Waals surface area contributed by atoms with E-state index in [2.05, 4.69) is 42.1 Å². The number of anilines is 3. The maximum Gasteiger partial charge on any atom is 0.246 e. The summed E-state index contributed by atoms with van der Waals surface area (Å²) >= 11 is 0. The lowest BCUT2D eigenvalue weighted by molar-refractivity contribution is -0.126. The molecule has 1 saturated carbocycles. The van der Waals surface area contributed by atoms with Gasteiger partial charge in [-0.3, -0.25) is 4.79 Å². The summed E-state index contributed by atoms with van der Waals surface area (Å²) in [6, 6.07) is 8.97. The summed E-state index contributed by atoms with van der Waals surface area (Å²) in [5.74, 6) is 1.24. The molecule has 1 aliphatic heterocycles. The Morgan fingerprint density at radius 2 is 2.02 bits per heavy atom. The van der Waals surface area contributed by atoms with Gasteiger partial charge in [0.05, 0.1) is 29.5 Å². The number of amides is 1. The highest BCUT2D eigenvalue weighted by atomic mass is 19.1. The van der Waals surface area contributed by atoms with Gasteiger partial charge in [-0.1, -0.05) is 11.8 Å². The van der Waals surface area contributed by atoms with E-state index in [9.17, 15) is 4.79 Å². The largest absolute Gasteiger partial charge is 0.457 e. The Balaban J connectivity index is 1.14. The van der Waals surface area contributed by atoms with Crippen molar-refractivity contribution in [1.82, 2.24) is 39.8 Å². The van der Waals surface area contributed by atoms with Crippen LogP contribution in [0.3, 0.4) is 0 Å². The summed E-state index contributed by atoms with van der Waals surface area (Å²) in [4.78, 5) is 34.0. The normalized spacial score (nSPS) is 17.9. The number of aromatic nitrogens is 7. The lowest BCUT2D eigenvalue weighted by atomic mass is 10.1. The molecule has 1 aliphatic carbocycles. The Labute approximate surface area is 233 Å². The van der Waals surface area contributed by atoms with Crippen LogP contribution in [-0.4, -0.2) is 70.9 Å². The molecule has 2 unspecified atom stereocenters. The lowest BCUT2D eigenvalue weighted by Crippen LogP contribution is -2.48. The lowest BCUT2D eigenvalue weighted by Gasteiger charge is -2.33. The molecule has 12 nitrogen and oxygen atoms in total. The molecule has 1 N–H and O–H groups in total. The van der Waals surface area contributed by atoms with Gasteiger partial charge in [0.2, 0.25) is 11.9 Å². The van der Waals surface area contributed by atoms with E-state index in [0.29, 0.717) is 58.5 Å². The highest BCUT2D eigenvalue weighted by Crippen LogP contribution is 2.39. The number of nitrogens with zero attached hydrogens (tertiary/aromatic N) is 9. The van der Waals surface area contributed by atoms with Gasteiger partial charge in [0.15, 0.2) is 11.6 Å². The van der Waals surface area contributed by atoms with E-state index in [1.807, 2.05) is 18.0 Å². The highest BCUT2D eigenvalue weighted by Gasteiger charge is 2.51. The van der Waals surface area contributed by atoms with Crippen LogP contribution in [0.15, 0.2) is 55.5 Å². The van der Waals surface area contributed by atoms with Crippen LogP contribution in [0, 0.1) is 12.7 Å². The van der Waals surface area contributed by atoms with E-state index in [0.717, 1.165) is 11.9 Å². The Bertz CT molecular complexity index is 1860. The second-order valence-corrected chi connectivity index (χ2v) is 10.1. The second kappa shape index (κ2) is 9.47. The first kappa shape index (κ1) is 24.8. The second-order valence-electron chi connectivity index (χ2n) is 10.1. The molecule has 1 amide bonds. The Kier molecular flexibility index (Phi) is 5.73. The van der Waals surface area contributed by atoms with Crippen LogP contribution in [-0.2, 0) is 11.8 Å². The van der Waals surface area contributed by atoms with Crippen LogP contribution >= 0.6 is 0 Å². The van der Waals surface area contributed by atoms with Gasteiger partial charge in [0.1, 0.15) is 34.4 Å². The zero-order valence-corrected chi connectivity index (χ0v) is 22.3. The maximum atomic E-state index is 15.6. The van der Waals surface area contributed by atoms with Crippen molar-refractivity contribution in [1.29, 1.82) is 0 Å². The smallest absolute Gasteiger partial charge is 0.246 e. The van der Waals surface area contributed by atoms with Crippen molar-refractivity contribution < 1.29 is 13.9 Å². The van der Waals surface area contributed by atoms with E-state index < -0.39 is 5.82 Å². The van der Waals surface area contributed by atoms with Gasteiger partial charge < -0.3 is 19.9 Å². The first-order valence-electron chi connectivity index (χ1n) is 13.1. The Morgan fingerprint density at radius 3 is 2.88 bits per heavy atom. The van der Waals surface area contributed by atoms with Gasteiger partial charge in [0, 0.05) is 31.8 Å². The van der Waals surface area contributed by atoms with Crippen molar-refractivity contribution in [3.8, 4) is 11.5 Å². The molecular weight excluding hydrogens is 527 g/mol. The molecule has 0 radical (unpaired) electrons. The summed E-state index contributed by atoms with van der Waals surface area (Å²) in [5, 5.41) is 11.2. The van der Waals surface area contributed by atoms with E-state index in [-0.39, 0.29) is 23.7 Å². The predicted molar refractivity (Wildman–Crippen MR) is 150 cm³/mol. The van der Waals surface area contributed by atoms with E-state index >= 15 is 4.39 Å². The van der Waals surface area contributed by atoms with Crippen molar-refractivity contribution in [2.45, 2.75) is 25.4 Å². The van der Waals surface area contributed by atoms with Gasteiger partial charge in [-0.25, -0.2) is 29.0 Å². The molecule has 206 valence electrons. The first-order valence-corrected chi connectivity index (χ1v) is 13.1. The zero-order chi connectivity index (χ0) is 28.2.